The lowest BCUT2D eigenvalue weighted by Crippen LogP contribution is -2.26. The standard InChI is InChI=1S/C19H19NO/c1-15(21)19(17-8-3-2-4-9-17)14-20-12-11-16-7-5-6-10-18(16)13-20/h2-10,14H,11-13H2,1H3/b19-14+. The topological polar surface area (TPSA) is 20.3 Å². The molecule has 0 saturated heterocycles. The lowest BCUT2D eigenvalue weighted by Gasteiger charge is -2.28. The Labute approximate surface area is 125 Å². The van der Waals surface area contributed by atoms with Crippen molar-refractivity contribution >= 4 is 11.4 Å². The van der Waals surface area contributed by atoms with E-state index in [1.165, 1.54) is 11.1 Å². The van der Waals surface area contributed by atoms with Gasteiger partial charge < -0.3 is 4.90 Å². The number of nitrogens with zero attached hydrogens (tertiary/aromatic N) is 1. The Bertz CT molecular complexity index is 673. The second kappa shape index (κ2) is 5.96. The molecule has 1 aliphatic rings. The summed E-state index contributed by atoms with van der Waals surface area (Å²) in [5.74, 6) is 0.111. The van der Waals surface area contributed by atoms with Gasteiger partial charge in [-0.15, -0.1) is 0 Å². The van der Waals surface area contributed by atoms with Crippen molar-refractivity contribution in [3.8, 4) is 0 Å². The van der Waals surface area contributed by atoms with E-state index in [4.69, 9.17) is 0 Å². The number of Topliss-reactive ketones (excluding diaryl/α,β-unsaturated/α-hetero) is 1. The third kappa shape index (κ3) is 3.05. The van der Waals surface area contributed by atoms with E-state index in [0.29, 0.717) is 0 Å². The SMILES string of the molecule is CC(=O)/C(=C\N1CCc2ccccc2C1)c1ccccc1. The molecule has 0 saturated carbocycles. The van der Waals surface area contributed by atoms with Crippen LogP contribution in [0.2, 0.25) is 0 Å². The van der Waals surface area contributed by atoms with Gasteiger partial charge in [0.2, 0.25) is 0 Å². The van der Waals surface area contributed by atoms with Crippen LogP contribution >= 0.6 is 0 Å². The van der Waals surface area contributed by atoms with Crippen LogP contribution in [-0.4, -0.2) is 17.2 Å². The highest BCUT2D eigenvalue weighted by Crippen LogP contribution is 2.22. The zero-order valence-electron chi connectivity index (χ0n) is 12.3. The maximum atomic E-state index is 12.0. The van der Waals surface area contributed by atoms with Crippen LogP contribution in [0.5, 0.6) is 0 Å². The average molecular weight is 277 g/mol. The Hall–Kier alpha value is -2.35. The van der Waals surface area contributed by atoms with Gasteiger partial charge in [0.1, 0.15) is 0 Å². The first-order valence-electron chi connectivity index (χ1n) is 7.33. The Morgan fingerprint density at radius 2 is 1.67 bits per heavy atom. The first-order valence-corrected chi connectivity index (χ1v) is 7.33. The number of hydrogen-bond donors (Lipinski definition) is 0. The minimum Gasteiger partial charge on any atom is -0.372 e. The zero-order valence-corrected chi connectivity index (χ0v) is 12.3. The number of allylic oxidation sites excluding steroid dienone is 1. The summed E-state index contributed by atoms with van der Waals surface area (Å²) >= 11 is 0. The molecule has 0 aromatic heterocycles. The second-order valence-corrected chi connectivity index (χ2v) is 5.45. The van der Waals surface area contributed by atoms with Crippen LogP contribution in [0.4, 0.5) is 0 Å². The van der Waals surface area contributed by atoms with Gasteiger partial charge >= 0.3 is 0 Å². The number of fused-ring (bicyclic) bond motifs is 1. The van der Waals surface area contributed by atoms with Crippen molar-refractivity contribution in [1.29, 1.82) is 0 Å². The molecule has 0 atom stereocenters. The van der Waals surface area contributed by atoms with Gasteiger partial charge in [0.25, 0.3) is 0 Å². The van der Waals surface area contributed by atoms with Crippen molar-refractivity contribution in [2.24, 2.45) is 0 Å². The molecule has 2 heteroatoms. The van der Waals surface area contributed by atoms with Crippen LogP contribution in [0.15, 0.2) is 60.8 Å². The number of benzene rings is 2. The van der Waals surface area contributed by atoms with Gasteiger partial charge in [-0.2, -0.15) is 0 Å². The molecule has 1 heterocycles. The third-order valence-electron chi connectivity index (χ3n) is 3.94. The molecule has 0 N–H and O–H groups in total. The van der Waals surface area contributed by atoms with Crippen LogP contribution in [0.25, 0.3) is 5.57 Å². The van der Waals surface area contributed by atoms with E-state index < -0.39 is 0 Å². The average Bonchev–Trinajstić information content (AvgIpc) is 2.53. The maximum Gasteiger partial charge on any atom is 0.161 e. The largest absolute Gasteiger partial charge is 0.372 e. The van der Waals surface area contributed by atoms with Crippen LogP contribution < -0.4 is 0 Å². The van der Waals surface area contributed by atoms with E-state index in [1.807, 2.05) is 36.5 Å². The van der Waals surface area contributed by atoms with Crippen molar-refractivity contribution in [1.82, 2.24) is 4.90 Å². The van der Waals surface area contributed by atoms with Gasteiger partial charge in [0.15, 0.2) is 5.78 Å². The number of hydrogen-bond acceptors (Lipinski definition) is 2. The van der Waals surface area contributed by atoms with Crippen LogP contribution in [-0.2, 0) is 17.8 Å². The highest BCUT2D eigenvalue weighted by Gasteiger charge is 2.15. The van der Waals surface area contributed by atoms with Crippen molar-refractivity contribution in [3.05, 3.63) is 77.5 Å². The summed E-state index contributed by atoms with van der Waals surface area (Å²) in [6.45, 7) is 3.47. The molecule has 106 valence electrons. The molecule has 0 radical (unpaired) electrons. The quantitative estimate of drug-likeness (QED) is 0.798. The summed E-state index contributed by atoms with van der Waals surface area (Å²) in [7, 11) is 0. The third-order valence-corrected chi connectivity index (χ3v) is 3.94. The highest BCUT2D eigenvalue weighted by atomic mass is 16.1. The molecule has 0 unspecified atom stereocenters. The second-order valence-electron chi connectivity index (χ2n) is 5.45. The van der Waals surface area contributed by atoms with Crippen molar-refractivity contribution < 1.29 is 4.79 Å². The first-order chi connectivity index (χ1) is 10.2. The van der Waals surface area contributed by atoms with Gasteiger partial charge in [0.05, 0.1) is 0 Å². The molecule has 0 bridgehead atoms. The van der Waals surface area contributed by atoms with Crippen molar-refractivity contribution in [2.45, 2.75) is 19.9 Å². The van der Waals surface area contributed by atoms with E-state index in [0.717, 1.165) is 30.6 Å². The van der Waals surface area contributed by atoms with E-state index in [-0.39, 0.29) is 5.78 Å². The van der Waals surface area contributed by atoms with Gasteiger partial charge in [-0.1, -0.05) is 54.6 Å². The predicted molar refractivity (Wildman–Crippen MR) is 85.7 cm³/mol. The Kier molecular flexibility index (Phi) is 3.87. The molecular weight excluding hydrogens is 258 g/mol. The zero-order chi connectivity index (χ0) is 14.7. The molecule has 21 heavy (non-hydrogen) atoms. The number of rotatable bonds is 3. The normalized spacial score (nSPS) is 14.7. The van der Waals surface area contributed by atoms with Gasteiger partial charge in [-0.05, 0) is 30.0 Å². The summed E-state index contributed by atoms with van der Waals surface area (Å²) in [6.07, 6.45) is 3.06. The lowest BCUT2D eigenvalue weighted by molar-refractivity contribution is -0.111. The van der Waals surface area contributed by atoms with Crippen molar-refractivity contribution in [2.75, 3.05) is 6.54 Å². The molecule has 2 aromatic rings. The Morgan fingerprint density at radius 1 is 1.00 bits per heavy atom. The predicted octanol–water partition coefficient (Wildman–Crippen LogP) is 3.67. The van der Waals surface area contributed by atoms with Crippen LogP contribution in [0.3, 0.4) is 0 Å². The molecule has 1 aliphatic heterocycles. The number of carbonyl (C=O) groups excluding carboxylic acids is 1. The van der Waals surface area contributed by atoms with Crippen molar-refractivity contribution in [3.63, 3.8) is 0 Å². The molecule has 0 aliphatic carbocycles. The Morgan fingerprint density at radius 3 is 2.38 bits per heavy atom. The van der Waals surface area contributed by atoms with Gasteiger partial charge in [-0.3, -0.25) is 4.79 Å². The molecule has 0 spiro atoms. The first kappa shape index (κ1) is 13.6. The summed E-state index contributed by atoms with van der Waals surface area (Å²) < 4.78 is 0. The summed E-state index contributed by atoms with van der Waals surface area (Å²) in [5.41, 5.74) is 4.56. The minimum atomic E-state index is 0.111. The number of carbonyl (C=O) groups is 1. The molecule has 2 aromatic carbocycles. The molecule has 0 amide bonds. The van der Waals surface area contributed by atoms with E-state index in [2.05, 4.69) is 29.2 Å². The molecule has 2 nitrogen and oxygen atoms in total. The maximum absolute atomic E-state index is 12.0. The van der Waals surface area contributed by atoms with E-state index in [9.17, 15) is 4.79 Å². The fraction of sp³-hybridized carbons (Fsp3) is 0.211. The van der Waals surface area contributed by atoms with Crippen LogP contribution in [0.1, 0.15) is 23.6 Å². The highest BCUT2D eigenvalue weighted by molar-refractivity contribution is 6.19. The van der Waals surface area contributed by atoms with E-state index >= 15 is 0 Å². The fourth-order valence-electron chi connectivity index (χ4n) is 2.80. The number of ketones is 1. The van der Waals surface area contributed by atoms with E-state index in [1.54, 1.807) is 6.92 Å². The fourth-order valence-corrected chi connectivity index (χ4v) is 2.80. The molecule has 0 fully saturated rings. The summed E-state index contributed by atoms with van der Waals surface area (Å²) in [4.78, 5) is 14.2. The summed E-state index contributed by atoms with van der Waals surface area (Å²) in [6, 6.07) is 18.4. The smallest absolute Gasteiger partial charge is 0.161 e. The molecule has 3 rings (SSSR count). The van der Waals surface area contributed by atoms with Gasteiger partial charge in [0, 0.05) is 24.9 Å². The molecular formula is C19H19NO. The van der Waals surface area contributed by atoms with Crippen LogP contribution in [0, 0.1) is 0 Å². The van der Waals surface area contributed by atoms with Gasteiger partial charge in [-0.25, -0.2) is 0 Å². The monoisotopic (exact) mass is 277 g/mol. The Balaban J connectivity index is 1.88. The summed E-state index contributed by atoms with van der Waals surface area (Å²) in [5, 5.41) is 0. The lowest BCUT2D eigenvalue weighted by atomic mass is 9.99. The minimum absolute atomic E-state index is 0.111.